The second-order valence-electron chi connectivity index (χ2n) is 7.62. The lowest BCUT2D eigenvalue weighted by atomic mass is 9.91. The molecule has 1 atom stereocenters. The predicted molar refractivity (Wildman–Crippen MR) is 99.7 cm³/mol. The number of hydrogen-bond acceptors (Lipinski definition) is 4. The van der Waals surface area contributed by atoms with E-state index in [2.05, 4.69) is 20.9 Å². The fourth-order valence-electron chi connectivity index (χ4n) is 4.31. The van der Waals surface area contributed by atoms with E-state index in [9.17, 15) is 9.18 Å². The number of halogens is 1. The summed E-state index contributed by atoms with van der Waals surface area (Å²) in [6.45, 7) is 1.91. The van der Waals surface area contributed by atoms with Crippen LogP contribution < -0.4 is 10.6 Å². The molecular formula is C20H26FN5O. The molecule has 6 nitrogen and oxygen atoms in total. The van der Waals surface area contributed by atoms with Gasteiger partial charge in [-0.25, -0.2) is 9.07 Å². The summed E-state index contributed by atoms with van der Waals surface area (Å²) in [6.07, 6.45) is 8.10. The Balaban J connectivity index is 1.50. The first-order chi connectivity index (χ1) is 13.2. The summed E-state index contributed by atoms with van der Waals surface area (Å²) in [5, 5.41) is 14.7. The van der Waals surface area contributed by atoms with Crippen LogP contribution in [0, 0.1) is 11.7 Å². The zero-order valence-corrected chi connectivity index (χ0v) is 15.4. The van der Waals surface area contributed by atoms with E-state index in [1.165, 1.54) is 12.1 Å². The smallest absolute Gasteiger partial charge is 0.273 e. The second-order valence-corrected chi connectivity index (χ2v) is 7.62. The maximum atomic E-state index is 13.7. The van der Waals surface area contributed by atoms with Gasteiger partial charge in [0.25, 0.3) is 5.91 Å². The number of amides is 1. The summed E-state index contributed by atoms with van der Waals surface area (Å²) in [4.78, 5) is 12.8. The van der Waals surface area contributed by atoms with Crippen LogP contribution in [0.1, 0.15) is 66.7 Å². The number of rotatable bonds is 5. The van der Waals surface area contributed by atoms with E-state index in [-0.39, 0.29) is 23.8 Å². The molecule has 1 aromatic carbocycles. The van der Waals surface area contributed by atoms with E-state index in [1.54, 1.807) is 12.3 Å². The van der Waals surface area contributed by atoms with Gasteiger partial charge in [0, 0.05) is 0 Å². The average molecular weight is 371 g/mol. The molecule has 144 valence electrons. The first-order valence-electron chi connectivity index (χ1n) is 9.89. The quantitative estimate of drug-likeness (QED) is 0.848. The van der Waals surface area contributed by atoms with E-state index in [0.29, 0.717) is 11.6 Å². The standard InChI is InChI=1S/C20H26FN5O/c21-16-7-3-6-15(12-16)19(14-4-1-2-5-14)23-20(27)18-13-26(25-24-18)17-8-10-22-11-9-17/h3,6-7,12-14,17,19,22H,1-2,4-5,8-11H2,(H,23,27). The van der Waals surface area contributed by atoms with Crippen molar-refractivity contribution < 1.29 is 9.18 Å². The minimum Gasteiger partial charge on any atom is -0.344 e. The van der Waals surface area contributed by atoms with Crippen LogP contribution in [0.3, 0.4) is 0 Å². The van der Waals surface area contributed by atoms with Crippen molar-refractivity contribution in [1.82, 2.24) is 25.6 Å². The van der Waals surface area contributed by atoms with Gasteiger partial charge >= 0.3 is 0 Å². The number of piperidine rings is 1. The molecule has 2 N–H and O–H groups in total. The summed E-state index contributed by atoms with van der Waals surface area (Å²) in [6, 6.07) is 6.63. The first kappa shape index (κ1) is 18.1. The third-order valence-corrected chi connectivity index (χ3v) is 5.79. The van der Waals surface area contributed by atoms with E-state index in [0.717, 1.165) is 57.2 Å². The van der Waals surface area contributed by atoms with Gasteiger partial charge < -0.3 is 10.6 Å². The minimum atomic E-state index is -0.276. The van der Waals surface area contributed by atoms with Crippen molar-refractivity contribution >= 4 is 5.91 Å². The van der Waals surface area contributed by atoms with Gasteiger partial charge in [-0.1, -0.05) is 30.2 Å². The molecule has 0 spiro atoms. The molecule has 7 heteroatoms. The molecule has 4 rings (SSSR count). The van der Waals surface area contributed by atoms with Crippen molar-refractivity contribution in [2.24, 2.45) is 5.92 Å². The number of aromatic nitrogens is 3. The fraction of sp³-hybridized carbons (Fsp3) is 0.550. The van der Waals surface area contributed by atoms with Gasteiger partial charge in [0.05, 0.1) is 18.3 Å². The Labute approximate surface area is 158 Å². The van der Waals surface area contributed by atoms with Crippen LogP contribution in [0.4, 0.5) is 4.39 Å². The lowest BCUT2D eigenvalue weighted by molar-refractivity contribution is 0.0916. The van der Waals surface area contributed by atoms with Crippen LogP contribution in [-0.4, -0.2) is 34.0 Å². The summed E-state index contributed by atoms with van der Waals surface area (Å²) in [5.41, 5.74) is 1.15. The second kappa shape index (κ2) is 8.17. The first-order valence-corrected chi connectivity index (χ1v) is 9.89. The van der Waals surface area contributed by atoms with Crippen molar-refractivity contribution in [2.75, 3.05) is 13.1 Å². The highest BCUT2D eigenvalue weighted by Crippen LogP contribution is 2.36. The number of nitrogens with zero attached hydrogens (tertiary/aromatic N) is 3. The van der Waals surface area contributed by atoms with Gasteiger partial charge in [0.1, 0.15) is 5.82 Å². The lowest BCUT2D eigenvalue weighted by Gasteiger charge is -2.25. The highest BCUT2D eigenvalue weighted by Gasteiger charge is 2.29. The molecule has 2 heterocycles. The minimum absolute atomic E-state index is 0.195. The Kier molecular flexibility index (Phi) is 5.48. The average Bonchev–Trinajstić information content (AvgIpc) is 3.39. The summed E-state index contributed by atoms with van der Waals surface area (Å²) in [7, 11) is 0. The molecule has 1 aliphatic carbocycles. The Morgan fingerprint density at radius 2 is 2.00 bits per heavy atom. The number of carbonyl (C=O) groups is 1. The van der Waals surface area contributed by atoms with Crippen molar-refractivity contribution in [3.63, 3.8) is 0 Å². The lowest BCUT2D eigenvalue weighted by Crippen LogP contribution is -2.33. The molecule has 0 bridgehead atoms. The molecule has 1 unspecified atom stereocenters. The largest absolute Gasteiger partial charge is 0.344 e. The van der Waals surface area contributed by atoms with E-state index in [1.807, 2.05) is 10.7 Å². The third kappa shape index (κ3) is 4.18. The van der Waals surface area contributed by atoms with Crippen LogP contribution in [0.2, 0.25) is 0 Å². The van der Waals surface area contributed by atoms with E-state index < -0.39 is 0 Å². The van der Waals surface area contributed by atoms with Crippen LogP contribution >= 0.6 is 0 Å². The third-order valence-electron chi connectivity index (χ3n) is 5.79. The van der Waals surface area contributed by atoms with Crippen LogP contribution in [0.15, 0.2) is 30.5 Å². The van der Waals surface area contributed by atoms with Gasteiger partial charge in [-0.15, -0.1) is 5.10 Å². The highest BCUT2D eigenvalue weighted by atomic mass is 19.1. The van der Waals surface area contributed by atoms with Crippen molar-refractivity contribution in [3.8, 4) is 0 Å². The molecule has 1 amide bonds. The van der Waals surface area contributed by atoms with E-state index in [4.69, 9.17) is 0 Å². The molecule has 2 aliphatic rings. The number of benzene rings is 1. The predicted octanol–water partition coefficient (Wildman–Crippen LogP) is 3.00. The molecule has 1 saturated heterocycles. The fourth-order valence-corrected chi connectivity index (χ4v) is 4.31. The summed E-state index contributed by atoms with van der Waals surface area (Å²) < 4.78 is 15.5. The molecule has 2 fully saturated rings. The molecule has 0 radical (unpaired) electrons. The maximum absolute atomic E-state index is 13.7. The molecule has 1 saturated carbocycles. The van der Waals surface area contributed by atoms with Crippen LogP contribution in [0.5, 0.6) is 0 Å². The zero-order valence-electron chi connectivity index (χ0n) is 15.4. The van der Waals surface area contributed by atoms with Gasteiger partial charge in [-0.2, -0.15) is 0 Å². The summed E-state index contributed by atoms with van der Waals surface area (Å²) in [5.74, 6) is -0.187. The number of carbonyl (C=O) groups excluding carboxylic acids is 1. The SMILES string of the molecule is O=C(NC(c1cccc(F)c1)C1CCCC1)c1cn(C2CCNCC2)nn1. The van der Waals surface area contributed by atoms with Gasteiger partial charge in [-0.3, -0.25) is 4.79 Å². The zero-order chi connectivity index (χ0) is 18.6. The highest BCUT2D eigenvalue weighted by molar-refractivity contribution is 5.92. The molecule has 1 aromatic heterocycles. The maximum Gasteiger partial charge on any atom is 0.273 e. The van der Waals surface area contributed by atoms with Crippen molar-refractivity contribution in [3.05, 3.63) is 47.5 Å². The Morgan fingerprint density at radius 3 is 2.74 bits per heavy atom. The monoisotopic (exact) mass is 371 g/mol. The molecule has 27 heavy (non-hydrogen) atoms. The number of nitrogens with one attached hydrogen (secondary N) is 2. The van der Waals surface area contributed by atoms with Crippen molar-refractivity contribution in [2.45, 2.75) is 50.6 Å². The van der Waals surface area contributed by atoms with Gasteiger partial charge in [0.2, 0.25) is 0 Å². The Morgan fingerprint density at radius 1 is 1.22 bits per heavy atom. The summed E-state index contributed by atoms with van der Waals surface area (Å²) >= 11 is 0. The Hall–Kier alpha value is -2.28. The van der Waals surface area contributed by atoms with Crippen LogP contribution in [-0.2, 0) is 0 Å². The molecule has 2 aromatic rings. The number of hydrogen-bond donors (Lipinski definition) is 2. The Bertz CT molecular complexity index is 780. The molecular weight excluding hydrogens is 345 g/mol. The van der Waals surface area contributed by atoms with E-state index >= 15 is 0 Å². The van der Waals surface area contributed by atoms with Crippen LogP contribution in [0.25, 0.3) is 0 Å². The normalized spacial score (nSPS) is 19.9. The van der Waals surface area contributed by atoms with Crippen molar-refractivity contribution in [1.29, 1.82) is 0 Å². The van der Waals surface area contributed by atoms with Gasteiger partial charge in [0.15, 0.2) is 5.69 Å². The molecule has 1 aliphatic heterocycles. The van der Waals surface area contributed by atoms with Gasteiger partial charge in [-0.05, 0) is 62.4 Å². The topological polar surface area (TPSA) is 71.8 Å².